The molecule has 1 heterocycles. The van der Waals surface area contributed by atoms with Crippen LogP contribution in [0, 0.1) is 0 Å². The third-order valence-electron chi connectivity index (χ3n) is 12.3. The summed E-state index contributed by atoms with van der Waals surface area (Å²) in [5, 5.41) is 40.2. The van der Waals surface area contributed by atoms with E-state index in [0.717, 1.165) is 38.5 Å². The van der Waals surface area contributed by atoms with Crippen LogP contribution >= 0.6 is 0 Å². The van der Waals surface area contributed by atoms with Crippen molar-refractivity contribution in [1.29, 1.82) is 0 Å². The van der Waals surface area contributed by atoms with Crippen molar-refractivity contribution in [3.63, 3.8) is 0 Å². The maximum atomic E-state index is 12.8. The predicted octanol–water partition coefficient (Wildman–Crippen LogP) is 12.5. The number of hydrogen-bond donors (Lipinski definition) is 4. The van der Waals surface area contributed by atoms with Gasteiger partial charge in [-0.15, -0.1) is 0 Å². The molecule has 0 aromatic rings. The van der Waals surface area contributed by atoms with Gasteiger partial charge in [0.2, 0.25) is 0 Å². The predicted molar refractivity (Wildman–Crippen MR) is 256 cm³/mol. The molecule has 0 aliphatic carbocycles. The number of carbonyl (C=O) groups is 2. The fraction of sp³-hybridized carbons (Fsp3) is 0.887. The Morgan fingerprint density at radius 3 is 1.29 bits per heavy atom. The minimum atomic E-state index is -1.60. The van der Waals surface area contributed by atoms with Crippen molar-refractivity contribution in [3.8, 4) is 0 Å². The zero-order chi connectivity index (χ0) is 45.9. The molecule has 1 rings (SSSR count). The molecule has 0 amide bonds. The second-order valence-corrected chi connectivity index (χ2v) is 18.3. The van der Waals surface area contributed by atoms with Crippen LogP contribution in [-0.4, -0.2) is 89.0 Å². The van der Waals surface area contributed by atoms with Crippen LogP contribution in [-0.2, 0) is 28.5 Å². The molecule has 0 saturated carbocycles. The summed E-state index contributed by atoms with van der Waals surface area (Å²) in [6.07, 6.45) is 43.5. The highest BCUT2D eigenvalue weighted by atomic mass is 16.7. The quantitative estimate of drug-likeness (QED) is 0.0264. The van der Waals surface area contributed by atoms with Crippen LogP contribution in [0.3, 0.4) is 0 Å². The number of unbranched alkanes of at least 4 members (excludes halogenated alkanes) is 30. The molecular formula is C53H98O10. The van der Waals surface area contributed by atoms with E-state index in [1.54, 1.807) is 0 Å². The second-order valence-electron chi connectivity index (χ2n) is 18.3. The van der Waals surface area contributed by atoms with Gasteiger partial charge in [-0.1, -0.05) is 199 Å². The molecule has 370 valence electrons. The third-order valence-corrected chi connectivity index (χ3v) is 12.3. The minimum Gasteiger partial charge on any atom is -0.462 e. The molecule has 1 aliphatic rings. The van der Waals surface area contributed by atoms with Crippen LogP contribution in [0.2, 0.25) is 0 Å². The molecule has 0 radical (unpaired) electrons. The van der Waals surface area contributed by atoms with Gasteiger partial charge in [-0.3, -0.25) is 9.59 Å². The maximum absolute atomic E-state index is 12.8. The normalized spacial score (nSPS) is 19.6. The molecule has 2 unspecified atom stereocenters. The second kappa shape index (κ2) is 44.0. The first-order valence-electron chi connectivity index (χ1n) is 26.4. The lowest BCUT2D eigenvalue weighted by atomic mass is 9.99. The summed E-state index contributed by atoms with van der Waals surface area (Å²) in [6.45, 7) is 3.42. The molecule has 10 heteroatoms. The Bertz CT molecular complexity index is 1080. The fourth-order valence-electron chi connectivity index (χ4n) is 8.13. The van der Waals surface area contributed by atoms with E-state index in [4.69, 9.17) is 18.9 Å². The summed E-state index contributed by atoms with van der Waals surface area (Å²) in [6, 6.07) is 0. The van der Waals surface area contributed by atoms with E-state index in [9.17, 15) is 30.0 Å². The first kappa shape index (κ1) is 59.2. The molecule has 1 fully saturated rings. The van der Waals surface area contributed by atoms with Crippen molar-refractivity contribution >= 4 is 11.9 Å². The van der Waals surface area contributed by atoms with E-state index in [1.807, 2.05) is 0 Å². The van der Waals surface area contributed by atoms with Crippen LogP contribution in [0.25, 0.3) is 0 Å². The molecule has 0 aromatic heterocycles. The Balaban J connectivity index is 2.24. The Hall–Kier alpha value is -1.82. The average Bonchev–Trinajstić information content (AvgIpc) is 3.28. The zero-order valence-electron chi connectivity index (χ0n) is 40.6. The first-order valence-corrected chi connectivity index (χ1v) is 26.4. The van der Waals surface area contributed by atoms with Crippen molar-refractivity contribution in [2.75, 3.05) is 19.8 Å². The van der Waals surface area contributed by atoms with Crippen molar-refractivity contribution < 1.29 is 49.0 Å². The third kappa shape index (κ3) is 35.1. The molecule has 63 heavy (non-hydrogen) atoms. The Morgan fingerprint density at radius 2 is 0.857 bits per heavy atom. The van der Waals surface area contributed by atoms with Crippen molar-refractivity contribution in [1.82, 2.24) is 0 Å². The number of allylic oxidation sites excluding steroid dienone is 4. The summed E-state index contributed by atoms with van der Waals surface area (Å²) in [4.78, 5) is 25.4. The Kier molecular flexibility index (Phi) is 41.4. The molecule has 1 saturated heterocycles. The lowest BCUT2D eigenvalue weighted by molar-refractivity contribution is -0.305. The summed E-state index contributed by atoms with van der Waals surface area (Å²) in [5.41, 5.74) is 0. The topological polar surface area (TPSA) is 152 Å². The Morgan fingerprint density at radius 1 is 0.476 bits per heavy atom. The van der Waals surface area contributed by atoms with E-state index in [2.05, 4.69) is 38.2 Å². The molecule has 1 aliphatic heterocycles. The highest BCUT2D eigenvalue weighted by Gasteiger charge is 2.44. The smallest absolute Gasteiger partial charge is 0.306 e. The lowest BCUT2D eigenvalue weighted by Gasteiger charge is -2.39. The zero-order valence-corrected chi connectivity index (χ0v) is 40.6. The van der Waals surface area contributed by atoms with Gasteiger partial charge in [0.15, 0.2) is 12.4 Å². The van der Waals surface area contributed by atoms with Gasteiger partial charge < -0.3 is 39.4 Å². The van der Waals surface area contributed by atoms with E-state index in [0.29, 0.717) is 12.8 Å². The maximum Gasteiger partial charge on any atom is 0.306 e. The van der Waals surface area contributed by atoms with Gasteiger partial charge in [-0.25, -0.2) is 0 Å². The number of esters is 2. The fourth-order valence-corrected chi connectivity index (χ4v) is 8.13. The van der Waals surface area contributed by atoms with Crippen molar-refractivity contribution in [2.24, 2.45) is 0 Å². The average molecular weight is 895 g/mol. The molecule has 0 aromatic carbocycles. The van der Waals surface area contributed by atoms with Gasteiger partial charge in [0.1, 0.15) is 31.0 Å². The van der Waals surface area contributed by atoms with Crippen LogP contribution < -0.4 is 0 Å². The van der Waals surface area contributed by atoms with Crippen LogP contribution in [0.1, 0.15) is 245 Å². The van der Waals surface area contributed by atoms with Crippen molar-refractivity contribution in [3.05, 3.63) is 24.3 Å². The van der Waals surface area contributed by atoms with Gasteiger partial charge in [0.25, 0.3) is 0 Å². The van der Waals surface area contributed by atoms with Gasteiger partial charge in [0, 0.05) is 12.8 Å². The van der Waals surface area contributed by atoms with Crippen LogP contribution in [0.5, 0.6) is 0 Å². The van der Waals surface area contributed by atoms with E-state index >= 15 is 0 Å². The number of rotatable bonds is 45. The van der Waals surface area contributed by atoms with Gasteiger partial charge in [-0.2, -0.15) is 0 Å². The number of aliphatic hydroxyl groups is 4. The molecule has 6 atom stereocenters. The van der Waals surface area contributed by atoms with Crippen molar-refractivity contribution in [2.45, 2.75) is 282 Å². The summed E-state index contributed by atoms with van der Waals surface area (Å²) in [7, 11) is 0. The molecule has 0 spiro atoms. The van der Waals surface area contributed by atoms with Crippen LogP contribution in [0.4, 0.5) is 0 Å². The first-order chi connectivity index (χ1) is 30.8. The standard InChI is InChI=1S/C53H98O10/c1-3-5-7-9-11-13-15-17-19-20-21-22-23-24-25-26-28-29-31-33-35-37-39-41-48(55)60-44-46(45-61-53-52(59)51(58)50(57)47(43-54)63-53)62-49(56)42-40-38-36-34-32-30-27-18-16-14-12-10-8-6-4-2/h30,32-33,35,46-47,50-54,57-59H,3-29,31,34,36-45H2,1-2H3/b32-30+,35-33+/t46-,47-,50+,51?,52?,53-/m0/s1. The molecular weight excluding hydrogens is 797 g/mol. The van der Waals surface area contributed by atoms with Crippen LogP contribution in [0.15, 0.2) is 24.3 Å². The van der Waals surface area contributed by atoms with E-state index in [1.165, 1.54) is 167 Å². The largest absolute Gasteiger partial charge is 0.462 e. The minimum absolute atomic E-state index is 0.207. The molecule has 10 nitrogen and oxygen atoms in total. The monoisotopic (exact) mass is 895 g/mol. The number of carbonyl (C=O) groups excluding carboxylic acids is 2. The number of hydrogen-bond acceptors (Lipinski definition) is 10. The highest BCUT2D eigenvalue weighted by Crippen LogP contribution is 2.23. The van der Waals surface area contributed by atoms with Gasteiger partial charge in [0.05, 0.1) is 13.2 Å². The number of ether oxygens (including phenoxy) is 4. The van der Waals surface area contributed by atoms with E-state index in [-0.39, 0.29) is 26.1 Å². The van der Waals surface area contributed by atoms with E-state index < -0.39 is 55.4 Å². The number of aliphatic hydroxyl groups excluding tert-OH is 4. The summed E-state index contributed by atoms with van der Waals surface area (Å²) >= 11 is 0. The SMILES string of the molecule is CCCCCCCCCC/C=C/CCCCCC(=O)O[C@@H](COC(=O)CCC/C=C/CCCCCCCCCCCCCCCCCCCC)CO[C@H]1O[C@@H](CO)[C@@H](O)C(O)C1O. The Labute approximate surface area is 385 Å². The van der Waals surface area contributed by atoms with Gasteiger partial charge >= 0.3 is 11.9 Å². The van der Waals surface area contributed by atoms with Gasteiger partial charge in [-0.05, 0) is 57.8 Å². The lowest BCUT2D eigenvalue weighted by Crippen LogP contribution is -2.59. The highest BCUT2D eigenvalue weighted by molar-refractivity contribution is 5.70. The summed E-state index contributed by atoms with van der Waals surface area (Å²) in [5.74, 6) is -0.852. The summed E-state index contributed by atoms with van der Waals surface area (Å²) < 4.78 is 22.2. The molecule has 4 N–H and O–H groups in total. The molecule has 0 bridgehead atoms.